The van der Waals surface area contributed by atoms with Gasteiger partial charge >= 0.3 is 0 Å². The predicted octanol–water partition coefficient (Wildman–Crippen LogP) is 4.09. The molecular weight excluding hydrogens is 388 g/mol. The normalized spacial score (nSPS) is 26.0. The topological polar surface area (TPSA) is 52.4 Å². The van der Waals surface area contributed by atoms with Gasteiger partial charge < -0.3 is 9.47 Å². The number of aromatic nitrogens is 3. The smallest absolute Gasteiger partial charge is 0.151 e. The lowest BCUT2D eigenvalue weighted by atomic mass is 9.86. The van der Waals surface area contributed by atoms with Crippen molar-refractivity contribution in [3.05, 3.63) is 40.4 Å². The molecule has 3 heterocycles. The van der Waals surface area contributed by atoms with Crippen LogP contribution in [-0.4, -0.2) is 52.1 Å². The summed E-state index contributed by atoms with van der Waals surface area (Å²) in [7, 11) is 2.12. The van der Waals surface area contributed by atoms with Crippen molar-refractivity contribution in [2.24, 2.45) is 0 Å². The second kappa shape index (κ2) is 8.34. The Balaban J connectivity index is 1.34. The molecule has 2 aromatic rings. The summed E-state index contributed by atoms with van der Waals surface area (Å²) >= 11 is 6.28. The molecule has 1 aliphatic carbocycles. The first-order chi connectivity index (χ1) is 14.2. The molecule has 0 bridgehead atoms. The minimum absolute atomic E-state index is 0.373. The fraction of sp³-hybridized carbons (Fsp3) is 0.636. The molecule has 0 spiro atoms. The van der Waals surface area contributed by atoms with E-state index in [1.807, 2.05) is 6.07 Å². The molecule has 6 nitrogen and oxygen atoms in total. The van der Waals surface area contributed by atoms with Gasteiger partial charge in [0.25, 0.3) is 0 Å². The van der Waals surface area contributed by atoms with Crippen LogP contribution in [0.3, 0.4) is 0 Å². The minimum atomic E-state index is 0.373. The highest BCUT2D eigenvalue weighted by Crippen LogP contribution is 2.37. The molecule has 7 heteroatoms. The van der Waals surface area contributed by atoms with Gasteiger partial charge in [0.2, 0.25) is 0 Å². The highest BCUT2D eigenvalue weighted by atomic mass is 35.5. The van der Waals surface area contributed by atoms with Crippen molar-refractivity contribution >= 4 is 11.6 Å². The van der Waals surface area contributed by atoms with Crippen molar-refractivity contribution in [2.45, 2.75) is 69.7 Å². The standard InChI is InChI=1S/C22H29ClN4O2/c1-26-13-16-12-17(23)4-7-20(16)27-21(14-26)24-25-22(27)15-2-5-18(6-3-15)29-19-8-10-28-11-9-19/h4,7,12,15,18-19H,2-3,5-6,8-11,13-14H2,1H3. The molecule has 1 saturated carbocycles. The molecular formula is C22H29ClN4O2. The van der Waals surface area contributed by atoms with Gasteiger partial charge in [-0.05, 0) is 69.3 Å². The average Bonchev–Trinajstić information content (AvgIpc) is 3.06. The Labute approximate surface area is 177 Å². The van der Waals surface area contributed by atoms with Crippen molar-refractivity contribution in [2.75, 3.05) is 20.3 Å². The van der Waals surface area contributed by atoms with Crippen LogP contribution in [0.15, 0.2) is 18.2 Å². The van der Waals surface area contributed by atoms with E-state index in [1.54, 1.807) is 0 Å². The molecule has 0 unspecified atom stereocenters. The number of benzene rings is 1. The van der Waals surface area contributed by atoms with Gasteiger partial charge in [-0.15, -0.1) is 10.2 Å². The van der Waals surface area contributed by atoms with Crippen molar-refractivity contribution in [1.82, 2.24) is 19.7 Å². The summed E-state index contributed by atoms with van der Waals surface area (Å²) in [6, 6.07) is 6.16. The van der Waals surface area contributed by atoms with Crippen LogP contribution in [-0.2, 0) is 22.6 Å². The molecule has 2 aliphatic heterocycles. The zero-order chi connectivity index (χ0) is 19.8. The highest BCUT2D eigenvalue weighted by molar-refractivity contribution is 6.30. The van der Waals surface area contributed by atoms with E-state index in [4.69, 9.17) is 21.1 Å². The molecule has 1 aromatic heterocycles. The van der Waals surface area contributed by atoms with Gasteiger partial charge in [-0.2, -0.15) is 0 Å². The maximum absolute atomic E-state index is 6.37. The molecule has 3 aliphatic rings. The van der Waals surface area contributed by atoms with E-state index >= 15 is 0 Å². The summed E-state index contributed by atoms with van der Waals surface area (Å²) in [5, 5.41) is 10.0. The zero-order valence-corrected chi connectivity index (χ0v) is 17.8. The van der Waals surface area contributed by atoms with Crippen LogP contribution < -0.4 is 0 Å². The van der Waals surface area contributed by atoms with Gasteiger partial charge in [-0.25, -0.2) is 0 Å². The third-order valence-corrected chi connectivity index (χ3v) is 6.72. The van der Waals surface area contributed by atoms with Crippen molar-refractivity contribution in [1.29, 1.82) is 0 Å². The maximum Gasteiger partial charge on any atom is 0.151 e. The Bertz CT molecular complexity index is 856. The first-order valence-electron chi connectivity index (χ1n) is 10.8. The molecule has 156 valence electrons. The number of ether oxygens (including phenoxy) is 2. The summed E-state index contributed by atoms with van der Waals surface area (Å²) in [5.74, 6) is 2.55. The summed E-state index contributed by atoms with van der Waals surface area (Å²) in [6.45, 7) is 3.33. The summed E-state index contributed by atoms with van der Waals surface area (Å²) in [5.41, 5.74) is 2.41. The lowest BCUT2D eigenvalue weighted by Crippen LogP contribution is -2.31. The van der Waals surface area contributed by atoms with Gasteiger partial charge in [-0.3, -0.25) is 9.47 Å². The minimum Gasteiger partial charge on any atom is -0.381 e. The predicted molar refractivity (Wildman–Crippen MR) is 111 cm³/mol. The fourth-order valence-corrected chi connectivity index (χ4v) is 5.18. The van der Waals surface area contributed by atoms with Gasteiger partial charge in [0.1, 0.15) is 5.82 Å². The number of hydrogen-bond donors (Lipinski definition) is 0. The van der Waals surface area contributed by atoms with Crippen LogP contribution in [0.2, 0.25) is 5.02 Å². The quantitative estimate of drug-likeness (QED) is 0.754. The number of hydrogen-bond acceptors (Lipinski definition) is 5. The van der Waals surface area contributed by atoms with Crippen LogP contribution in [0.5, 0.6) is 0 Å². The molecule has 0 radical (unpaired) electrons. The summed E-state index contributed by atoms with van der Waals surface area (Å²) in [6.07, 6.45) is 7.21. The molecule has 0 atom stereocenters. The Hall–Kier alpha value is -1.47. The Morgan fingerprint density at radius 2 is 1.76 bits per heavy atom. The third kappa shape index (κ3) is 4.08. The molecule has 2 fully saturated rings. The summed E-state index contributed by atoms with van der Waals surface area (Å²) in [4.78, 5) is 2.27. The molecule has 1 saturated heterocycles. The number of nitrogens with zero attached hydrogens (tertiary/aromatic N) is 4. The van der Waals surface area contributed by atoms with Crippen LogP contribution in [0.4, 0.5) is 0 Å². The van der Waals surface area contributed by atoms with E-state index < -0.39 is 0 Å². The van der Waals surface area contributed by atoms with Gasteiger partial charge in [0.15, 0.2) is 5.82 Å². The summed E-state index contributed by atoms with van der Waals surface area (Å²) < 4.78 is 14.1. The third-order valence-electron chi connectivity index (χ3n) is 6.48. The first kappa shape index (κ1) is 19.5. The first-order valence-corrected chi connectivity index (χ1v) is 11.2. The van der Waals surface area contributed by atoms with Crippen LogP contribution in [0.1, 0.15) is 61.7 Å². The second-order valence-corrected chi connectivity index (χ2v) is 9.11. The number of rotatable bonds is 3. The lowest BCUT2D eigenvalue weighted by Gasteiger charge is -2.32. The van der Waals surface area contributed by atoms with E-state index in [1.165, 1.54) is 11.3 Å². The molecule has 1 aromatic carbocycles. The van der Waals surface area contributed by atoms with E-state index in [0.717, 1.165) is 81.5 Å². The van der Waals surface area contributed by atoms with Crippen LogP contribution in [0, 0.1) is 0 Å². The fourth-order valence-electron chi connectivity index (χ4n) is 4.99. The Morgan fingerprint density at radius 3 is 2.55 bits per heavy atom. The highest BCUT2D eigenvalue weighted by Gasteiger charge is 2.31. The number of fused-ring (bicyclic) bond motifs is 3. The van der Waals surface area contributed by atoms with Crippen LogP contribution in [0.25, 0.3) is 5.69 Å². The average molecular weight is 417 g/mol. The lowest BCUT2D eigenvalue weighted by molar-refractivity contribution is -0.0796. The molecule has 29 heavy (non-hydrogen) atoms. The van der Waals surface area contributed by atoms with Gasteiger partial charge in [0.05, 0.1) is 24.4 Å². The van der Waals surface area contributed by atoms with Gasteiger partial charge in [-0.1, -0.05) is 11.6 Å². The maximum atomic E-state index is 6.37. The van der Waals surface area contributed by atoms with Crippen molar-refractivity contribution in [3.8, 4) is 5.69 Å². The Morgan fingerprint density at radius 1 is 1.00 bits per heavy atom. The van der Waals surface area contributed by atoms with Gasteiger partial charge in [0, 0.05) is 30.7 Å². The van der Waals surface area contributed by atoms with E-state index in [-0.39, 0.29) is 0 Å². The second-order valence-electron chi connectivity index (χ2n) is 8.68. The number of halogens is 1. The van der Waals surface area contributed by atoms with Crippen LogP contribution >= 0.6 is 11.6 Å². The van der Waals surface area contributed by atoms with E-state index in [0.29, 0.717) is 18.1 Å². The largest absolute Gasteiger partial charge is 0.381 e. The van der Waals surface area contributed by atoms with Crippen molar-refractivity contribution in [3.63, 3.8) is 0 Å². The monoisotopic (exact) mass is 416 g/mol. The Kier molecular flexibility index (Phi) is 5.61. The molecule has 0 amide bonds. The van der Waals surface area contributed by atoms with E-state index in [2.05, 4.69) is 38.8 Å². The SMILES string of the molecule is CN1Cc2cc(Cl)ccc2-n2c(nnc2C2CCC(OC3CCOCC3)CC2)C1. The molecule has 5 rings (SSSR count). The van der Waals surface area contributed by atoms with Crippen molar-refractivity contribution < 1.29 is 9.47 Å². The van der Waals surface area contributed by atoms with E-state index in [9.17, 15) is 0 Å². The zero-order valence-electron chi connectivity index (χ0n) is 17.0. The molecule has 0 N–H and O–H groups in total.